The van der Waals surface area contributed by atoms with Crippen LogP contribution in [-0.2, 0) is 11.3 Å². The van der Waals surface area contributed by atoms with E-state index < -0.39 is 23.5 Å². The summed E-state index contributed by atoms with van der Waals surface area (Å²) in [6.07, 6.45) is 3.65. The van der Waals surface area contributed by atoms with Crippen LogP contribution >= 0.6 is 0 Å². The van der Waals surface area contributed by atoms with E-state index in [-0.39, 0.29) is 12.8 Å². The van der Waals surface area contributed by atoms with Crippen LogP contribution in [0.3, 0.4) is 0 Å². The van der Waals surface area contributed by atoms with Gasteiger partial charge in [0, 0.05) is 11.8 Å². The molecule has 1 atom stereocenters. The Morgan fingerprint density at radius 2 is 2.08 bits per heavy atom. The number of rotatable bonds is 6. The third-order valence-corrected chi connectivity index (χ3v) is 4.74. The first-order chi connectivity index (χ1) is 11.8. The Hall–Kier alpha value is -2.28. The van der Waals surface area contributed by atoms with Gasteiger partial charge in [0.15, 0.2) is 0 Å². The normalized spacial score (nSPS) is 17.6. The molecule has 5 nitrogen and oxygen atoms in total. The molecule has 0 aliphatic heterocycles. The van der Waals surface area contributed by atoms with E-state index in [0.717, 1.165) is 5.56 Å². The van der Waals surface area contributed by atoms with Gasteiger partial charge < -0.3 is 10.4 Å². The Bertz CT molecular complexity index is 742. The molecule has 1 aliphatic carbocycles. The molecule has 25 heavy (non-hydrogen) atoms. The predicted molar refractivity (Wildman–Crippen MR) is 88.1 cm³/mol. The van der Waals surface area contributed by atoms with E-state index >= 15 is 0 Å². The molecule has 0 bridgehead atoms. The van der Waals surface area contributed by atoms with E-state index in [1.807, 2.05) is 30.3 Å². The molecule has 134 valence electrons. The second kappa shape index (κ2) is 6.55. The van der Waals surface area contributed by atoms with Gasteiger partial charge in [0.1, 0.15) is 5.60 Å². The highest BCUT2D eigenvalue weighted by Crippen LogP contribution is 2.44. The molecule has 1 aromatic heterocycles. The average Bonchev–Trinajstić information content (AvgIpc) is 3.02. The van der Waals surface area contributed by atoms with E-state index in [0.29, 0.717) is 18.5 Å². The van der Waals surface area contributed by atoms with Crippen molar-refractivity contribution in [2.24, 2.45) is 0 Å². The molecule has 3 rings (SSSR count). The molecule has 7 heteroatoms. The summed E-state index contributed by atoms with van der Waals surface area (Å²) in [5.74, 6) is -5.24. The number of nitrogens with one attached hydrogen (secondary N) is 1. The molecule has 2 aromatic rings. The van der Waals surface area contributed by atoms with Crippen LogP contribution in [0.4, 0.5) is 8.78 Å². The molecule has 1 aliphatic rings. The minimum absolute atomic E-state index is 0.0587. The number of amides is 1. The lowest BCUT2D eigenvalue weighted by Crippen LogP contribution is -2.60. The van der Waals surface area contributed by atoms with Crippen LogP contribution in [0.25, 0.3) is 0 Å². The molecule has 1 aromatic carbocycles. The number of halogens is 2. The molecule has 1 unspecified atom stereocenters. The number of hydrogen-bond acceptors (Lipinski definition) is 3. The highest BCUT2D eigenvalue weighted by molar-refractivity contribution is 5.85. The van der Waals surface area contributed by atoms with E-state index in [2.05, 4.69) is 10.4 Å². The number of aliphatic hydroxyl groups is 1. The van der Waals surface area contributed by atoms with Gasteiger partial charge in [0.25, 0.3) is 5.91 Å². The van der Waals surface area contributed by atoms with Gasteiger partial charge in [0.2, 0.25) is 0 Å². The lowest BCUT2D eigenvalue weighted by molar-refractivity contribution is -0.216. The largest absolute Gasteiger partial charge is 0.383 e. The van der Waals surface area contributed by atoms with Gasteiger partial charge in [-0.2, -0.15) is 13.9 Å². The van der Waals surface area contributed by atoms with E-state index in [9.17, 15) is 18.7 Å². The third kappa shape index (κ3) is 3.42. The third-order valence-electron chi connectivity index (χ3n) is 4.74. The fraction of sp³-hybridized carbons (Fsp3) is 0.444. The van der Waals surface area contributed by atoms with Crippen molar-refractivity contribution < 1.29 is 18.7 Å². The lowest BCUT2D eigenvalue weighted by Gasteiger charge is -2.41. The zero-order chi connectivity index (χ0) is 18.1. The lowest BCUT2D eigenvalue weighted by atomic mass is 9.75. The van der Waals surface area contributed by atoms with Crippen LogP contribution in [0.1, 0.15) is 43.4 Å². The molecular weight excluding hydrogens is 328 g/mol. The summed E-state index contributed by atoms with van der Waals surface area (Å²) in [5, 5.41) is 16.3. The van der Waals surface area contributed by atoms with Crippen LogP contribution in [0.5, 0.6) is 0 Å². The Morgan fingerprint density at radius 1 is 1.40 bits per heavy atom. The van der Waals surface area contributed by atoms with E-state index in [1.165, 1.54) is 0 Å². The monoisotopic (exact) mass is 349 g/mol. The van der Waals surface area contributed by atoms with Gasteiger partial charge in [0.05, 0.1) is 18.8 Å². The highest BCUT2D eigenvalue weighted by atomic mass is 19.3. The SMILES string of the molecule is CC(NC(=O)C(F)(F)C1(O)CCC1)c1cnn(Cc2ccccc2)c1. The maximum atomic E-state index is 14.1. The number of hydrogen-bond donors (Lipinski definition) is 2. The van der Waals surface area contributed by atoms with Gasteiger partial charge >= 0.3 is 5.92 Å². The minimum atomic E-state index is -3.79. The van der Waals surface area contributed by atoms with Crippen molar-refractivity contribution in [3.8, 4) is 0 Å². The maximum absolute atomic E-state index is 14.1. The molecule has 0 radical (unpaired) electrons. The summed E-state index contributed by atoms with van der Waals surface area (Å²) in [7, 11) is 0. The first kappa shape index (κ1) is 17.5. The van der Waals surface area contributed by atoms with Gasteiger partial charge in [-0.3, -0.25) is 9.48 Å². The summed E-state index contributed by atoms with van der Waals surface area (Å²) >= 11 is 0. The van der Waals surface area contributed by atoms with Crippen molar-refractivity contribution >= 4 is 5.91 Å². The minimum Gasteiger partial charge on any atom is -0.383 e. The zero-order valence-electron chi connectivity index (χ0n) is 14.0. The van der Waals surface area contributed by atoms with Crippen LogP contribution in [0, 0.1) is 0 Å². The first-order valence-electron chi connectivity index (χ1n) is 8.29. The molecule has 0 spiro atoms. The number of alkyl halides is 2. The molecule has 1 heterocycles. The van der Waals surface area contributed by atoms with Crippen LogP contribution in [0.2, 0.25) is 0 Å². The predicted octanol–water partition coefficient (Wildman–Crippen LogP) is 2.66. The van der Waals surface area contributed by atoms with Gasteiger partial charge in [-0.25, -0.2) is 0 Å². The smallest absolute Gasteiger partial charge is 0.352 e. The number of carbonyl (C=O) groups is 1. The highest BCUT2D eigenvalue weighted by Gasteiger charge is 2.61. The van der Waals surface area contributed by atoms with Crippen LogP contribution in [-0.4, -0.2) is 32.3 Å². The summed E-state index contributed by atoms with van der Waals surface area (Å²) in [6.45, 7) is 2.17. The van der Waals surface area contributed by atoms with Crippen molar-refractivity contribution in [3.05, 3.63) is 53.9 Å². The molecule has 1 amide bonds. The van der Waals surface area contributed by atoms with Crippen molar-refractivity contribution in [2.75, 3.05) is 0 Å². The Labute approximate surface area is 144 Å². The standard InChI is InChI=1S/C18H21F2N3O2/c1-13(22-16(24)18(19,20)17(25)8-5-9-17)15-10-21-23(12-15)11-14-6-3-2-4-7-14/h2-4,6-7,10,12-13,25H,5,8-9,11H2,1H3,(H,22,24). The summed E-state index contributed by atoms with van der Waals surface area (Å²) < 4.78 is 30.0. The average molecular weight is 349 g/mol. The summed E-state index contributed by atoms with van der Waals surface area (Å²) in [5.41, 5.74) is -0.526. The fourth-order valence-corrected chi connectivity index (χ4v) is 2.87. The maximum Gasteiger partial charge on any atom is 0.352 e. The summed E-state index contributed by atoms with van der Waals surface area (Å²) in [6, 6.07) is 9.07. The van der Waals surface area contributed by atoms with Crippen molar-refractivity contribution in [1.29, 1.82) is 0 Å². The second-order valence-electron chi connectivity index (χ2n) is 6.61. The van der Waals surface area contributed by atoms with Crippen LogP contribution in [0.15, 0.2) is 42.7 Å². The zero-order valence-corrected chi connectivity index (χ0v) is 14.0. The van der Waals surface area contributed by atoms with Crippen molar-refractivity contribution in [2.45, 2.75) is 50.3 Å². The number of nitrogens with zero attached hydrogens (tertiary/aromatic N) is 2. The molecule has 1 fully saturated rings. The topological polar surface area (TPSA) is 67.2 Å². The fourth-order valence-electron chi connectivity index (χ4n) is 2.87. The Morgan fingerprint density at radius 3 is 2.68 bits per heavy atom. The Balaban J connectivity index is 1.63. The van der Waals surface area contributed by atoms with Gasteiger partial charge in [-0.15, -0.1) is 0 Å². The number of aromatic nitrogens is 2. The number of carbonyl (C=O) groups excluding carboxylic acids is 1. The van der Waals surface area contributed by atoms with E-state index in [1.54, 1.807) is 24.0 Å². The van der Waals surface area contributed by atoms with Crippen molar-refractivity contribution in [3.63, 3.8) is 0 Å². The number of benzene rings is 1. The molecular formula is C18H21F2N3O2. The quantitative estimate of drug-likeness (QED) is 0.843. The second-order valence-corrected chi connectivity index (χ2v) is 6.61. The molecule has 0 saturated heterocycles. The summed E-state index contributed by atoms with van der Waals surface area (Å²) in [4.78, 5) is 11.9. The van der Waals surface area contributed by atoms with Gasteiger partial charge in [-0.1, -0.05) is 30.3 Å². The Kier molecular flexibility index (Phi) is 4.60. The van der Waals surface area contributed by atoms with E-state index in [4.69, 9.17) is 0 Å². The first-order valence-corrected chi connectivity index (χ1v) is 8.29. The van der Waals surface area contributed by atoms with Gasteiger partial charge in [-0.05, 0) is 31.7 Å². The molecule has 2 N–H and O–H groups in total. The molecule has 1 saturated carbocycles. The van der Waals surface area contributed by atoms with Crippen molar-refractivity contribution in [1.82, 2.24) is 15.1 Å². The van der Waals surface area contributed by atoms with Crippen LogP contribution < -0.4 is 5.32 Å².